The minimum atomic E-state index is -3.60. The molecule has 0 unspecified atom stereocenters. The normalized spacial score (nSPS) is 11.3. The molecular formula is C23H20N2O2S. The summed E-state index contributed by atoms with van der Waals surface area (Å²) >= 11 is 0. The molecule has 0 amide bonds. The highest BCUT2D eigenvalue weighted by Gasteiger charge is 2.14. The second-order valence-electron chi connectivity index (χ2n) is 6.69. The van der Waals surface area contributed by atoms with Gasteiger partial charge in [-0.3, -0.25) is 4.72 Å². The van der Waals surface area contributed by atoms with Crippen molar-refractivity contribution >= 4 is 37.9 Å². The molecule has 140 valence electrons. The van der Waals surface area contributed by atoms with Gasteiger partial charge in [0.2, 0.25) is 0 Å². The molecule has 5 heteroatoms. The molecule has 0 saturated carbocycles. The fourth-order valence-electron chi connectivity index (χ4n) is 3.05. The van der Waals surface area contributed by atoms with Gasteiger partial charge in [0.25, 0.3) is 10.0 Å². The zero-order chi connectivity index (χ0) is 19.6. The maximum Gasteiger partial charge on any atom is 0.261 e. The smallest absolute Gasteiger partial charge is 0.261 e. The first-order valence-corrected chi connectivity index (χ1v) is 10.4. The molecule has 0 radical (unpaired) electrons. The monoisotopic (exact) mass is 388 g/mol. The van der Waals surface area contributed by atoms with Crippen molar-refractivity contribution in [2.24, 2.45) is 0 Å². The van der Waals surface area contributed by atoms with E-state index in [1.807, 2.05) is 43.3 Å². The number of hydrogen-bond acceptors (Lipinski definition) is 3. The van der Waals surface area contributed by atoms with E-state index >= 15 is 0 Å². The van der Waals surface area contributed by atoms with Gasteiger partial charge < -0.3 is 5.32 Å². The van der Waals surface area contributed by atoms with Gasteiger partial charge in [-0.05, 0) is 71.8 Å². The van der Waals surface area contributed by atoms with Gasteiger partial charge in [-0.2, -0.15) is 0 Å². The number of fused-ring (bicyclic) bond motifs is 1. The van der Waals surface area contributed by atoms with Crippen LogP contribution in [-0.4, -0.2) is 8.42 Å². The Bertz CT molecular complexity index is 1230. The van der Waals surface area contributed by atoms with Gasteiger partial charge in [0, 0.05) is 17.1 Å². The fourth-order valence-corrected chi connectivity index (χ4v) is 4.21. The summed E-state index contributed by atoms with van der Waals surface area (Å²) in [6, 6.07) is 28.4. The summed E-state index contributed by atoms with van der Waals surface area (Å²) < 4.78 is 27.7. The predicted molar refractivity (Wildman–Crippen MR) is 116 cm³/mol. The first-order chi connectivity index (χ1) is 13.5. The molecule has 0 saturated heterocycles. The van der Waals surface area contributed by atoms with E-state index in [0.29, 0.717) is 5.69 Å². The van der Waals surface area contributed by atoms with Gasteiger partial charge in [-0.15, -0.1) is 0 Å². The third-order valence-corrected chi connectivity index (χ3v) is 5.85. The van der Waals surface area contributed by atoms with Gasteiger partial charge in [0.1, 0.15) is 0 Å². The van der Waals surface area contributed by atoms with Crippen LogP contribution < -0.4 is 10.0 Å². The number of benzene rings is 4. The molecule has 0 bridgehead atoms. The highest BCUT2D eigenvalue weighted by Crippen LogP contribution is 2.24. The first-order valence-electron chi connectivity index (χ1n) is 8.95. The Morgan fingerprint density at radius 2 is 1.32 bits per heavy atom. The van der Waals surface area contributed by atoms with Gasteiger partial charge in [0.05, 0.1) is 4.90 Å². The number of hydrogen-bond donors (Lipinski definition) is 2. The second kappa shape index (κ2) is 7.37. The maximum atomic E-state index is 12.5. The van der Waals surface area contributed by atoms with Crippen molar-refractivity contribution in [3.63, 3.8) is 0 Å². The molecule has 28 heavy (non-hydrogen) atoms. The van der Waals surface area contributed by atoms with E-state index in [2.05, 4.69) is 34.3 Å². The summed E-state index contributed by atoms with van der Waals surface area (Å²) in [6.07, 6.45) is 0. The maximum absolute atomic E-state index is 12.5. The number of nitrogens with one attached hydrogen (secondary N) is 2. The minimum absolute atomic E-state index is 0.255. The van der Waals surface area contributed by atoms with Crippen LogP contribution in [0.4, 0.5) is 17.1 Å². The van der Waals surface area contributed by atoms with Gasteiger partial charge in [0.15, 0.2) is 0 Å². The lowest BCUT2D eigenvalue weighted by molar-refractivity contribution is 0.601. The summed E-state index contributed by atoms with van der Waals surface area (Å²) in [5.74, 6) is 0. The Morgan fingerprint density at radius 1 is 0.643 bits per heavy atom. The third kappa shape index (κ3) is 4.00. The molecule has 0 aliphatic heterocycles. The average molecular weight is 388 g/mol. The van der Waals surface area contributed by atoms with E-state index in [9.17, 15) is 8.42 Å². The SMILES string of the molecule is Cc1cccc(S(=O)(=O)Nc2ccc(Nc3ccc4ccccc4c3)cc2)c1. The number of sulfonamides is 1. The van der Waals surface area contributed by atoms with E-state index in [1.54, 1.807) is 30.3 Å². The lowest BCUT2D eigenvalue weighted by Gasteiger charge is -2.11. The van der Waals surface area contributed by atoms with Crippen molar-refractivity contribution in [1.82, 2.24) is 0 Å². The number of anilines is 3. The highest BCUT2D eigenvalue weighted by molar-refractivity contribution is 7.92. The first kappa shape index (κ1) is 18.1. The minimum Gasteiger partial charge on any atom is -0.356 e. The molecule has 0 aliphatic rings. The van der Waals surface area contributed by atoms with Gasteiger partial charge >= 0.3 is 0 Å². The lowest BCUT2D eigenvalue weighted by atomic mass is 10.1. The molecule has 0 spiro atoms. The Kier molecular flexibility index (Phi) is 4.75. The molecule has 0 atom stereocenters. The predicted octanol–water partition coefficient (Wildman–Crippen LogP) is 5.69. The van der Waals surface area contributed by atoms with E-state index < -0.39 is 10.0 Å². The van der Waals surface area contributed by atoms with Gasteiger partial charge in [-0.25, -0.2) is 8.42 Å². The number of rotatable bonds is 5. The van der Waals surface area contributed by atoms with Crippen LogP contribution in [0.15, 0.2) is 95.9 Å². The van der Waals surface area contributed by atoms with E-state index in [1.165, 1.54) is 5.39 Å². The third-order valence-electron chi connectivity index (χ3n) is 4.48. The van der Waals surface area contributed by atoms with E-state index in [0.717, 1.165) is 22.3 Å². The van der Waals surface area contributed by atoms with Crippen molar-refractivity contribution < 1.29 is 8.42 Å². The topological polar surface area (TPSA) is 58.2 Å². The Morgan fingerprint density at radius 3 is 2.07 bits per heavy atom. The van der Waals surface area contributed by atoms with Crippen molar-refractivity contribution in [2.75, 3.05) is 10.0 Å². The molecule has 2 N–H and O–H groups in total. The molecule has 0 aliphatic carbocycles. The average Bonchev–Trinajstić information content (AvgIpc) is 2.69. The zero-order valence-electron chi connectivity index (χ0n) is 15.4. The van der Waals surface area contributed by atoms with Crippen molar-refractivity contribution in [3.05, 3.63) is 96.6 Å². The van der Waals surface area contributed by atoms with Crippen molar-refractivity contribution in [3.8, 4) is 0 Å². The molecule has 0 heterocycles. The van der Waals surface area contributed by atoms with E-state index in [-0.39, 0.29) is 4.90 Å². The quantitative estimate of drug-likeness (QED) is 0.461. The van der Waals surface area contributed by atoms with Crippen LogP contribution in [0.3, 0.4) is 0 Å². The van der Waals surface area contributed by atoms with E-state index in [4.69, 9.17) is 0 Å². The van der Waals surface area contributed by atoms with Crippen LogP contribution in [0, 0.1) is 6.92 Å². The Hall–Kier alpha value is -3.31. The number of aryl methyl sites for hydroxylation is 1. The summed E-state index contributed by atoms with van der Waals surface area (Å²) in [4.78, 5) is 0.255. The molecule has 0 fully saturated rings. The summed E-state index contributed by atoms with van der Waals surface area (Å²) in [6.45, 7) is 1.87. The standard InChI is InChI=1S/C23H20N2O2S/c1-17-5-4-8-23(15-17)28(26,27)25-21-13-11-20(12-14-21)24-22-10-9-18-6-2-3-7-19(18)16-22/h2-16,24-25H,1H3. The molecule has 4 nitrogen and oxygen atoms in total. The highest BCUT2D eigenvalue weighted by atomic mass is 32.2. The lowest BCUT2D eigenvalue weighted by Crippen LogP contribution is -2.13. The Labute approximate surface area is 164 Å². The van der Waals surface area contributed by atoms with Crippen molar-refractivity contribution in [2.45, 2.75) is 11.8 Å². The van der Waals surface area contributed by atoms with Crippen LogP contribution in [-0.2, 0) is 10.0 Å². The fraction of sp³-hybridized carbons (Fsp3) is 0.0435. The van der Waals surface area contributed by atoms with Crippen LogP contribution in [0.5, 0.6) is 0 Å². The summed E-state index contributed by atoms with van der Waals surface area (Å²) in [5.41, 5.74) is 3.28. The van der Waals surface area contributed by atoms with Crippen LogP contribution in [0.25, 0.3) is 10.8 Å². The van der Waals surface area contributed by atoms with Crippen LogP contribution in [0.2, 0.25) is 0 Å². The molecule has 4 rings (SSSR count). The molecular weight excluding hydrogens is 368 g/mol. The van der Waals surface area contributed by atoms with Crippen LogP contribution in [0.1, 0.15) is 5.56 Å². The largest absolute Gasteiger partial charge is 0.356 e. The zero-order valence-corrected chi connectivity index (χ0v) is 16.2. The summed E-state index contributed by atoms with van der Waals surface area (Å²) in [5, 5.41) is 5.70. The Balaban J connectivity index is 1.50. The van der Waals surface area contributed by atoms with Crippen LogP contribution >= 0.6 is 0 Å². The second-order valence-corrected chi connectivity index (χ2v) is 8.37. The van der Waals surface area contributed by atoms with Crippen molar-refractivity contribution in [1.29, 1.82) is 0 Å². The molecule has 4 aromatic carbocycles. The molecule has 4 aromatic rings. The van der Waals surface area contributed by atoms with Gasteiger partial charge in [-0.1, -0.05) is 42.5 Å². The molecule has 0 aromatic heterocycles. The summed E-state index contributed by atoms with van der Waals surface area (Å²) in [7, 11) is -3.60.